The van der Waals surface area contributed by atoms with Gasteiger partial charge in [-0.05, 0) is 44.2 Å². The predicted octanol–water partition coefficient (Wildman–Crippen LogP) is 4.77. The molecule has 0 fully saturated rings. The van der Waals surface area contributed by atoms with Gasteiger partial charge in [0.25, 0.3) is 0 Å². The molecule has 1 atom stereocenters. The van der Waals surface area contributed by atoms with E-state index in [0.717, 1.165) is 11.4 Å². The summed E-state index contributed by atoms with van der Waals surface area (Å²) >= 11 is 0. The van der Waals surface area contributed by atoms with E-state index in [0.29, 0.717) is 35.4 Å². The minimum atomic E-state index is -0.372. The van der Waals surface area contributed by atoms with Gasteiger partial charge >= 0.3 is 0 Å². The summed E-state index contributed by atoms with van der Waals surface area (Å²) < 4.78 is 22.3. The number of ether oxygens (including phenoxy) is 1. The van der Waals surface area contributed by atoms with Gasteiger partial charge in [-0.15, -0.1) is 0 Å². The van der Waals surface area contributed by atoms with Crippen molar-refractivity contribution in [3.05, 3.63) is 78.8 Å². The molecule has 1 aliphatic rings. The van der Waals surface area contributed by atoms with Gasteiger partial charge in [0.2, 0.25) is 5.95 Å². The van der Waals surface area contributed by atoms with Crippen LogP contribution in [0.25, 0.3) is 5.69 Å². The molecule has 0 bridgehead atoms. The van der Waals surface area contributed by atoms with Crippen LogP contribution >= 0.6 is 0 Å². The van der Waals surface area contributed by atoms with Gasteiger partial charge in [0.05, 0.1) is 30.5 Å². The predicted molar refractivity (Wildman–Crippen MR) is 117 cm³/mol. The van der Waals surface area contributed by atoms with E-state index >= 15 is 0 Å². The molecule has 7 nitrogen and oxygen atoms in total. The number of hydrogen-bond donors (Lipinski definition) is 1. The maximum absolute atomic E-state index is 14.7. The van der Waals surface area contributed by atoms with Gasteiger partial charge in [0.1, 0.15) is 11.9 Å². The Labute approximate surface area is 179 Å². The maximum atomic E-state index is 14.7. The Bertz CT molecular complexity index is 1230. The SMILES string of the molecule is Cc1cn(-c2ccc(Nc3ncc4c(n3)N(c3ccccc3)CC(C)O4)cc2F)cn1. The zero-order chi connectivity index (χ0) is 21.4. The number of halogens is 1. The van der Waals surface area contributed by atoms with E-state index < -0.39 is 0 Å². The second-order valence-electron chi connectivity index (χ2n) is 7.47. The maximum Gasteiger partial charge on any atom is 0.229 e. The fourth-order valence-corrected chi connectivity index (χ4v) is 3.61. The highest BCUT2D eigenvalue weighted by Crippen LogP contribution is 2.37. The Kier molecular flexibility index (Phi) is 4.74. The molecule has 2 aromatic carbocycles. The van der Waals surface area contributed by atoms with Gasteiger partial charge < -0.3 is 19.5 Å². The molecular formula is C23H21FN6O. The number of hydrogen-bond acceptors (Lipinski definition) is 6. The monoisotopic (exact) mass is 416 g/mol. The molecule has 0 amide bonds. The number of imidazole rings is 1. The van der Waals surface area contributed by atoms with E-state index in [1.54, 1.807) is 35.4 Å². The van der Waals surface area contributed by atoms with E-state index in [-0.39, 0.29) is 11.9 Å². The minimum absolute atomic E-state index is 0.00330. The third kappa shape index (κ3) is 3.79. The first kappa shape index (κ1) is 19.0. The van der Waals surface area contributed by atoms with Crippen molar-refractivity contribution in [1.82, 2.24) is 19.5 Å². The van der Waals surface area contributed by atoms with Crippen molar-refractivity contribution in [3.63, 3.8) is 0 Å². The van der Waals surface area contributed by atoms with Crippen molar-refractivity contribution in [3.8, 4) is 11.4 Å². The Morgan fingerprint density at radius 1 is 1.13 bits per heavy atom. The lowest BCUT2D eigenvalue weighted by Crippen LogP contribution is -2.36. The minimum Gasteiger partial charge on any atom is -0.483 e. The zero-order valence-electron chi connectivity index (χ0n) is 17.2. The van der Waals surface area contributed by atoms with Crippen LogP contribution in [0.1, 0.15) is 12.6 Å². The molecule has 8 heteroatoms. The van der Waals surface area contributed by atoms with Crippen LogP contribution in [0.5, 0.6) is 5.75 Å². The van der Waals surface area contributed by atoms with E-state index in [4.69, 9.17) is 4.74 Å². The molecule has 1 N–H and O–H groups in total. The van der Waals surface area contributed by atoms with Gasteiger partial charge in [-0.2, -0.15) is 4.98 Å². The van der Waals surface area contributed by atoms with Crippen LogP contribution in [0.15, 0.2) is 67.3 Å². The third-order valence-corrected chi connectivity index (χ3v) is 5.02. The fraction of sp³-hybridized carbons (Fsp3) is 0.174. The molecule has 4 aromatic rings. The van der Waals surface area contributed by atoms with E-state index in [1.807, 2.05) is 44.2 Å². The van der Waals surface area contributed by atoms with Crippen LogP contribution in [-0.4, -0.2) is 32.2 Å². The highest BCUT2D eigenvalue weighted by atomic mass is 19.1. The summed E-state index contributed by atoms with van der Waals surface area (Å²) in [4.78, 5) is 15.3. The van der Waals surface area contributed by atoms with Gasteiger partial charge in [0, 0.05) is 17.6 Å². The number of nitrogens with one attached hydrogen (secondary N) is 1. The van der Waals surface area contributed by atoms with Crippen molar-refractivity contribution in [1.29, 1.82) is 0 Å². The standard InChI is InChI=1S/C23H21FN6O/c1-15-12-29(14-26-15)20-9-8-17(10-19(20)24)27-23-25-11-21-22(28-23)30(13-16(2)31-21)18-6-4-3-5-7-18/h3-12,14,16H,13H2,1-2H3,(H,25,27,28). The molecule has 0 spiro atoms. The van der Waals surface area contributed by atoms with E-state index in [1.165, 1.54) is 6.07 Å². The lowest BCUT2D eigenvalue weighted by Gasteiger charge is -2.33. The van der Waals surface area contributed by atoms with Crippen LogP contribution in [0.2, 0.25) is 0 Å². The number of benzene rings is 2. The highest BCUT2D eigenvalue weighted by Gasteiger charge is 2.26. The summed E-state index contributed by atoms with van der Waals surface area (Å²) in [7, 11) is 0. The summed E-state index contributed by atoms with van der Waals surface area (Å²) in [5.74, 6) is 1.28. The molecular weight excluding hydrogens is 395 g/mol. The normalized spacial score (nSPS) is 15.3. The average Bonchev–Trinajstić information content (AvgIpc) is 3.20. The summed E-state index contributed by atoms with van der Waals surface area (Å²) in [6.07, 6.45) is 5.02. The molecule has 3 heterocycles. The second-order valence-corrected chi connectivity index (χ2v) is 7.47. The molecule has 1 unspecified atom stereocenters. The van der Waals surface area contributed by atoms with Crippen LogP contribution in [0.3, 0.4) is 0 Å². The lowest BCUT2D eigenvalue weighted by atomic mass is 10.2. The van der Waals surface area contributed by atoms with E-state index in [2.05, 4.69) is 25.2 Å². The van der Waals surface area contributed by atoms with Crippen molar-refractivity contribution >= 4 is 23.1 Å². The summed E-state index contributed by atoms with van der Waals surface area (Å²) in [5.41, 5.74) is 2.82. The fourth-order valence-electron chi connectivity index (χ4n) is 3.61. The second kappa shape index (κ2) is 7.71. The van der Waals surface area contributed by atoms with Crippen molar-refractivity contribution in [2.75, 3.05) is 16.8 Å². The van der Waals surface area contributed by atoms with Crippen LogP contribution < -0.4 is 15.0 Å². The molecule has 1 aliphatic heterocycles. The first-order chi connectivity index (χ1) is 15.1. The first-order valence-electron chi connectivity index (χ1n) is 10.0. The van der Waals surface area contributed by atoms with Crippen molar-refractivity contribution in [2.45, 2.75) is 20.0 Å². The average molecular weight is 416 g/mol. The molecule has 0 saturated heterocycles. The number of anilines is 4. The topological polar surface area (TPSA) is 68.1 Å². The number of fused-ring (bicyclic) bond motifs is 1. The summed E-state index contributed by atoms with van der Waals surface area (Å²) in [6, 6.07) is 14.9. The summed E-state index contributed by atoms with van der Waals surface area (Å²) in [6.45, 7) is 4.54. The molecule has 0 aliphatic carbocycles. The van der Waals surface area contributed by atoms with Crippen molar-refractivity contribution in [2.24, 2.45) is 0 Å². The molecule has 0 radical (unpaired) electrons. The van der Waals surface area contributed by atoms with Crippen LogP contribution in [0, 0.1) is 12.7 Å². The number of rotatable bonds is 4. The quantitative estimate of drug-likeness (QED) is 0.517. The van der Waals surface area contributed by atoms with Gasteiger partial charge in [0.15, 0.2) is 11.6 Å². The zero-order valence-corrected chi connectivity index (χ0v) is 17.2. The molecule has 0 saturated carbocycles. The number of aromatic nitrogens is 4. The molecule has 156 valence electrons. The smallest absolute Gasteiger partial charge is 0.229 e. The first-order valence-corrected chi connectivity index (χ1v) is 10.0. The summed E-state index contributed by atoms with van der Waals surface area (Å²) in [5, 5.41) is 3.09. The van der Waals surface area contributed by atoms with Crippen LogP contribution in [0.4, 0.5) is 27.5 Å². The number of para-hydroxylation sites is 1. The highest BCUT2D eigenvalue weighted by molar-refractivity contribution is 5.68. The lowest BCUT2D eigenvalue weighted by molar-refractivity contribution is 0.215. The Morgan fingerprint density at radius 2 is 1.97 bits per heavy atom. The molecule has 5 rings (SSSR count). The molecule has 2 aromatic heterocycles. The number of nitrogens with zero attached hydrogens (tertiary/aromatic N) is 5. The number of aryl methyl sites for hydroxylation is 1. The largest absolute Gasteiger partial charge is 0.483 e. The Morgan fingerprint density at radius 3 is 2.71 bits per heavy atom. The van der Waals surface area contributed by atoms with Gasteiger partial charge in [-0.3, -0.25) is 0 Å². The Hall–Kier alpha value is -3.94. The van der Waals surface area contributed by atoms with Crippen LogP contribution in [-0.2, 0) is 0 Å². The van der Waals surface area contributed by atoms with E-state index in [9.17, 15) is 4.39 Å². The van der Waals surface area contributed by atoms with Gasteiger partial charge in [-0.1, -0.05) is 18.2 Å². The van der Waals surface area contributed by atoms with Crippen molar-refractivity contribution < 1.29 is 9.13 Å². The van der Waals surface area contributed by atoms with Gasteiger partial charge in [-0.25, -0.2) is 14.4 Å². The molecule has 31 heavy (non-hydrogen) atoms. The third-order valence-electron chi connectivity index (χ3n) is 5.02. The Balaban J connectivity index is 1.44.